The standard InChI is InChI=1S/C12H27N3/c1-10(11(13-5)12(2,3)4)15-8-6-14-7-9-15/h10-11,13-14H,6-9H2,1-5H3. The first-order valence-electron chi connectivity index (χ1n) is 6.09. The van der Waals surface area contributed by atoms with Crippen LogP contribution in [0.1, 0.15) is 27.7 Å². The maximum Gasteiger partial charge on any atom is 0.0266 e. The van der Waals surface area contributed by atoms with Gasteiger partial charge in [0.25, 0.3) is 0 Å². The fraction of sp³-hybridized carbons (Fsp3) is 1.00. The van der Waals surface area contributed by atoms with E-state index < -0.39 is 0 Å². The third-order valence-electron chi connectivity index (χ3n) is 3.45. The molecule has 2 N–H and O–H groups in total. The van der Waals surface area contributed by atoms with E-state index in [1.165, 1.54) is 13.1 Å². The molecule has 0 radical (unpaired) electrons. The molecule has 0 aromatic rings. The number of hydrogen-bond donors (Lipinski definition) is 2. The quantitative estimate of drug-likeness (QED) is 0.730. The van der Waals surface area contributed by atoms with Gasteiger partial charge < -0.3 is 10.6 Å². The van der Waals surface area contributed by atoms with Crippen molar-refractivity contribution in [3.05, 3.63) is 0 Å². The van der Waals surface area contributed by atoms with Crippen molar-refractivity contribution in [2.45, 2.75) is 39.8 Å². The molecule has 3 nitrogen and oxygen atoms in total. The number of rotatable bonds is 3. The van der Waals surface area contributed by atoms with E-state index in [1.807, 2.05) is 0 Å². The molecule has 15 heavy (non-hydrogen) atoms. The summed E-state index contributed by atoms with van der Waals surface area (Å²) in [7, 11) is 2.08. The van der Waals surface area contributed by atoms with Crippen molar-refractivity contribution in [2.24, 2.45) is 5.41 Å². The second-order valence-corrected chi connectivity index (χ2v) is 5.66. The minimum absolute atomic E-state index is 0.318. The van der Waals surface area contributed by atoms with Crippen molar-refractivity contribution in [3.8, 4) is 0 Å². The highest BCUT2D eigenvalue weighted by Crippen LogP contribution is 2.24. The molecule has 0 aromatic carbocycles. The van der Waals surface area contributed by atoms with Gasteiger partial charge in [-0.2, -0.15) is 0 Å². The van der Waals surface area contributed by atoms with Gasteiger partial charge in [0.2, 0.25) is 0 Å². The lowest BCUT2D eigenvalue weighted by Crippen LogP contribution is -2.57. The first-order chi connectivity index (χ1) is 6.96. The molecule has 0 bridgehead atoms. The molecule has 1 rings (SSSR count). The molecule has 3 heteroatoms. The van der Waals surface area contributed by atoms with Crippen molar-refractivity contribution in [3.63, 3.8) is 0 Å². The average molecular weight is 213 g/mol. The van der Waals surface area contributed by atoms with Crippen LogP contribution in [0.3, 0.4) is 0 Å². The molecule has 0 aliphatic carbocycles. The lowest BCUT2D eigenvalue weighted by atomic mass is 9.82. The van der Waals surface area contributed by atoms with Crippen LogP contribution in [0.2, 0.25) is 0 Å². The molecular formula is C12H27N3. The number of nitrogens with one attached hydrogen (secondary N) is 2. The summed E-state index contributed by atoms with van der Waals surface area (Å²) in [6.07, 6.45) is 0. The van der Waals surface area contributed by atoms with Crippen LogP contribution >= 0.6 is 0 Å². The van der Waals surface area contributed by atoms with Crippen molar-refractivity contribution in [1.29, 1.82) is 0 Å². The molecule has 0 amide bonds. The van der Waals surface area contributed by atoms with Crippen LogP contribution in [-0.4, -0.2) is 50.2 Å². The van der Waals surface area contributed by atoms with E-state index in [0.717, 1.165) is 13.1 Å². The van der Waals surface area contributed by atoms with Gasteiger partial charge in [0.15, 0.2) is 0 Å². The summed E-state index contributed by atoms with van der Waals surface area (Å²) in [4.78, 5) is 2.59. The molecule has 2 atom stereocenters. The lowest BCUT2D eigenvalue weighted by Gasteiger charge is -2.42. The van der Waals surface area contributed by atoms with Crippen LogP contribution in [0, 0.1) is 5.41 Å². The summed E-state index contributed by atoms with van der Waals surface area (Å²) < 4.78 is 0. The fourth-order valence-electron chi connectivity index (χ4n) is 2.70. The van der Waals surface area contributed by atoms with Crippen LogP contribution < -0.4 is 10.6 Å². The third kappa shape index (κ3) is 3.44. The Labute approximate surface area is 94.6 Å². The Hall–Kier alpha value is -0.120. The predicted molar refractivity (Wildman–Crippen MR) is 66.2 cm³/mol. The van der Waals surface area contributed by atoms with Gasteiger partial charge in [-0.3, -0.25) is 4.90 Å². The molecule has 90 valence electrons. The molecule has 1 aliphatic rings. The van der Waals surface area contributed by atoms with E-state index in [4.69, 9.17) is 0 Å². The number of likely N-dealkylation sites (N-methyl/N-ethyl adjacent to an activating group) is 1. The van der Waals surface area contributed by atoms with E-state index in [9.17, 15) is 0 Å². The Kier molecular flexibility index (Phi) is 4.56. The first-order valence-corrected chi connectivity index (χ1v) is 6.09. The maximum atomic E-state index is 3.48. The Morgan fingerprint density at radius 3 is 2.13 bits per heavy atom. The lowest BCUT2D eigenvalue weighted by molar-refractivity contribution is 0.105. The molecule has 0 spiro atoms. The zero-order valence-corrected chi connectivity index (χ0v) is 10.9. The summed E-state index contributed by atoms with van der Waals surface area (Å²) in [6, 6.07) is 1.16. The van der Waals surface area contributed by atoms with E-state index in [0.29, 0.717) is 17.5 Å². The second-order valence-electron chi connectivity index (χ2n) is 5.66. The van der Waals surface area contributed by atoms with Gasteiger partial charge >= 0.3 is 0 Å². The van der Waals surface area contributed by atoms with Crippen LogP contribution in [0.25, 0.3) is 0 Å². The van der Waals surface area contributed by atoms with Gasteiger partial charge in [-0.25, -0.2) is 0 Å². The summed E-state index contributed by atoms with van der Waals surface area (Å²) >= 11 is 0. The van der Waals surface area contributed by atoms with Gasteiger partial charge in [0.05, 0.1) is 0 Å². The van der Waals surface area contributed by atoms with E-state index in [-0.39, 0.29) is 0 Å². The van der Waals surface area contributed by atoms with Crippen LogP contribution in [0.5, 0.6) is 0 Å². The van der Waals surface area contributed by atoms with Gasteiger partial charge in [0.1, 0.15) is 0 Å². The smallest absolute Gasteiger partial charge is 0.0266 e. The van der Waals surface area contributed by atoms with E-state index >= 15 is 0 Å². The minimum Gasteiger partial charge on any atom is -0.315 e. The van der Waals surface area contributed by atoms with Crippen LogP contribution in [-0.2, 0) is 0 Å². The second kappa shape index (κ2) is 5.28. The first kappa shape index (κ1) is 12.9. The van der Waals surface area contributed by atoms with Gasteiger partial charge in [-0.05, 0) is 19.4 Å². The molecule has 1 heterocycles. The third-order valence-corrected chi connectivity index (χ3v) is 3.45. The van der Waals surface area contributed by atoms with Crippen molar-refractivity contribution in [2.75, 3.05) is 33.2 Å². The highest BCUT2D eigenvalue weighted by Gasteiger charge is 2.31. The average Bonchev–Trinajstić information content (AvgIpc) is 2.18. The predicted octanol–water partition coefficient (Wildman–Crippen LogP) is 0.914. The van der Waals surface area contributed by atoms with Crippen molar-refractivity contribution >= 4 is 0 Å². The van der Waals surface area contributed by atoms with Gasteiger partial charge in [-0.1, -0.05) is 20.8 Å². The highest BCUT2D eigenvalue weighted by atomic mass is 15.2. The summed E-state index contributed by atoms with van der Waals surface area (Å²) in [5, 5.41) is 6.88. The van der Waals surface area contributed by atoms with Crippen LogP contribution in [0.15, 0.2) is 0 Å². The largest absolute Gasteiger partial charge is 0.315 e. The number of nitrogens with zero attached hydrogens (tertiary/aromatic N) is 1. The monoisotopic (exact) mass is 213 g/mol. The normalized spacial score (nSPS) is 23.8. The SMILES string of the molecule is CNC(C(C)N1CCNCC1)C(C)(C)C. The molecular weight excluding hydrogens is 186 g/mol. The van der Waals surface area contributed by atoms with E-state index in [1.54, 1.807) is 0 Å². The summed E-state index contributed by atoms with van der Waals surface area (Å²) in [6.45, 7) is 13.9. The zero-order chi connectivity index (χ0) is 11.5. The Morgan fingerprint density at radius 1 is 1.20 bits per heavy atom. The summed E-state index contributed by atoms with van der Waals surface area (Å²) in [5.74, 6) is 0. The van der Waals surface area contributed by atoms with Crippen molar-refractivity contribution < 1.29 is 0 Å². The Balaban J connectivity index is 2.59. The summed E-state index contributed by atoms with van der Waals surface area (Å²) in [5.41, 5.74) is 0.318. The van der Waals surface area contributed by atoms with Crippen molar-refractivity contribution in [1.82, 2.24) is 15.5 Å². The number of piperazine rings is 1. The molecule has 1 fully saturated rings. The fourth-order valence-corrected chi connectivity index (χ4v) is 2.70. The Morgan fingerprint density at radius 2 is 1.73 bits per heavy atom. The molecule has 1 saturated heterocycles. The Bertz CT molecular complexity index is 180. The van der Waals surface area contributed by atoms with E-state index in [2.05, 4.69) is 50.3 Å². The van der Waals surface area contributed by atoms with Crippen LogP contribution in [0.4, 0.5) is 0 Å². The molecule has 2 unspecified atom stereocenters. The molecule has 0 aromatic heterocycles. The minimum atomic E-state index is 0.318. The van der Waals surface area contributed by atoms with Gasteiger partial charge in [-0.15, -0.1) is 0 Å². The topological polar surface area (TPSA) is 27.3 Å². The zero-order valence-electron chi connectivity index (χ0n) is 10.9. The van der Waals surface area contributed by atoms with Gasteiger partial charge in [0, 0.05) is 38.3 Å². The highest BCUT2D eigenvalue weighted by molar-refractivity contribution is 4.90. The molecule has 0 saturated carbocycles. The number of hydrogen-bond acceptors (Lipinski definition) is 3. The molecule has 1 aliphatic heterocycles. The maximum absolute atomic E-state index is 3.48.